The molecule has 6 nitrogen and oxygen atoms in total. The molecule has 0 spiro atoms. The molecule has 0 aliphatic carbocycles. The van der Waals surface area contributed by atoms with Crippen LogP contribution in [0, 0.1) is 12.8 Å². The highest BCUT2D eigenvalue weighted by Crippen LogP contribution is 2.52. The van der Waals surface area contributed by atoms with E-state index in [9.17, 15) is 4.79 Å². The van der Waals surface area contributed by atoms with Crippen molar-refractivity contribution in [3.05, 3.63) is 82.9 Å². The number of para-hydroxylation sites is 1. The van der Waals surface area contributed by atoms with Gasteiger partial charge in [0.2, 0.25) is 5.91 Å². The van der Waals surface area contributed by atoms with E-state index in [2.05, 4.69) is 10.6 Å². The van der Waals surface area contributed by atoms with Crippen LogP contribution in [0.5, 0.6) is 11.5 Å². The highest BCUT2D eigenvalue weighted by atomic mass is 35.5. The van der Waals surface area contributed by atoms with Crippen molar-refractivity contribution in [1.29, 1.82) is 0 Å². The van der Waals surface area contributed by atoms with Gasteiger partial charge in [-0.2, -0.15) is 0 Å². The predicted molar refractivity (Wildman–Crippen MR) is 142 cm³/mol. The van der Waals surface area contributed by atoms with E-state index in [1.807, 2.05) is 68.1 Å². The summed E-state index contributed by atoms with van der Waals surface area (Å²) in [6.07, 6.45) is 0. The fraction of sp³-hybridized carbons (Fsp3) is 0.259. The van der Waals surface area contributed by atoms with E-state index in [-0.39, 0.29) is 5.91 Å². The van der Waals surface area contributed by atoms with Gasteiger partial charge in [-0.1, -0.05) is 41.4 Å². The zero-order chi connectivity index (χ0) is 24.7. The van der Waals surface area contributed by atoms with Gasteiger partial charge in [0.1, 0.15) is 5.92 Å². The summed E-state index contributed by atoms with van der Waals surface area (Å²) in [6.45, 7) is 6.36. The summed E-state index contributed by atoms with van der Waals surface area (Å²) in [4.78, 5) is 15.7. The average molecular weight is 508 g/mol. The largest absolute Gasteiger partial charge is 0.490 e. The van der Waals surface area contributed by atoms with Gasteiger partial charge in [-0.25, -0.2) is 0 Å². The number of thiocarbonyl (C=S) groups is 1. The molecule has 1 saturated heterocycles. The monoisotopic (exact) mass is 507 g/mol. The summed E-state index contributed by atoms with van der Waals surface area (Å²) in [5.74, 6) is 0.413. The van der Waals surface area contributed by atoms with Crippen LogP contribution in [-0.2, 0) is 4.79 Å². The maximum Gasteiger partial charge on any atom is 0.236 e. The molecule has 3 aromatic carbocycles. The molecule has 0 saturated carbocycles. The Morgan fingerprint density at radius 2 is 1.89 bits per heavy atom. The Bertz CT molecular complexity index is 1280. The molecule has 2 bridgehead atoms. The Labute approximate surface area is 215 Å². The molecule has 2 aliphatic rings. The number of benzene rings is 3. The van der Waals surface area contributed by atoms with Gasteiger partial charge < -0.3 is 20.1 Å². The lowest BCUT2D eigenvalue weighted by molar-refractivity contribution is -0.130. The van der Waals surface area contributed by atoms with Crippen molar-refractivity contribution in [2.75, 3.05) is 16.8 Å². The number of carbonyl (C=O) groups excluding carboxylic acids is 1. The number of nitrogens with zero attached hydrogens (tertiary/aromatic N) is 1. The van der Waals surface area contributed by atoms with Crippen LogP contribution in [0.1, 0.15) is 31.0 Å². The van der Waals surface area contributed by atoms with Crippen molar-refractivity contribution in [2.24, 2.45) is 5.92 Å². The summed E-state index contributed by atoms with van der Waals surface area (Å²) in [5, 5.41) is 7.56. The van der Waals surface area contributed by atoms with Gasteiger partial charge in [-0.15, -0.1) is 0 Å². The fourth-order valence-corrected chi connectivity index (χ4v) is 5.41. The lowest BCUT2D eigenvalue weighted by atomic mass is 9.78. The lowest BCUT2D eigenvalue weighted by Gasteiger charge is -2.56. The SMILES string of the molecule is CCOc1cccc2c1OC1(C)C(C(=O)Nc3ccc(Cl)cc3)C2NC(=S)N1c1ccc(C)cc1. The molecule has 3 atom stereocenters. The Kier molecular flexibility index (Phi) is 6.07. The molecule has 2 heterocycles. The number of fused-ring (bicyclic) bond motifs is 4. The standard InChI is InChI=1S/C27H26ClN3O3S/c1-4-33-21-7-5-6-20-23-22(25(32)29-18-12-10-17(28)11-13-18)27(3,34-24(20)21)31(26(35)30-23)19-14-8-16(2)9-15-19/h5-15,22-23H,4H2,1-3H3,(H,29,32)(H,30,35). The number of halogens is 1. The first-order chi connectivity index (χ1) is 16.8. The van der Waals surface area contributed by atoms with Crippen molar-refractivity contribution in [3.8, 4) is 11.5 Å². The Balaban J connectivity index is 1.63. The van der Waals surface area contributed by atoms with Gasteiger partial charge in [0, 0.05) is 22.0 Å². The summed E-state index contributed by atoms with van der Waals surface area (Å²) in [6, 6.07) is 20.3. The molecule has 1 amide bonds. The topological polar surface area (TPSA) is 62.8 Å². The number of hydrogen-bond donors (Lipinski definition) is 2. The first kappa shape index (κ1) is 23.5. The first-order valence-corrected chi connectivity index (χ1v) is 12.3. The molecule has 35 heavy (non-hydrogen) atoms. The van der Waals surface area contributed by atoms with E-state index < -0.39 is 17.7 Å². The van der Waals surface area contributed by atoms with Gasteiger partial charge >= 0.3 is 0 Å². The second-order valence-electron chi connectivity index (χ2n) is 8.84. The van der Waals surface area contributed by atoms with E-state index in [0.717, 1.165) is 16.8 Å². The molecule has 180 valence electrons. The fourth-order valence-electron chi connectivity index (χ4n) is 4.88. The van der Waals surface area contributed by atoms with Crippen molar-refractivity contribution >= 4 is 46.2 Å². The number of ether oxygens (including phenoxy) is 2. The zero-order valence-electron chi connectivity index (χ0n) is 19.7. The molecule has 3 aromatic rings. The minimum atomic E-state index is -1.13. The maximum atomic E-state index is 13.9. The molecule has 0 radical (unpaired) electrons. The highest BCUT2D eigenvalue weighted by Gasteiger charge is 2.59. The van der Waals surface area contributed by atoms with E-state index in [1.165, 1.54) is 0 Å². The van der Waals surface area contributed by atoms with Crippen LogP contribution >= 0.6 is 23.8 Å². The summed E-state index contributed by atoms with van der Waals surface area (Å²) < 4.78 is 12.6. The molecule has 2 aliphatic heterocycles. The number of nitrogens with one attached hydrogen (secondary N) is 2. The van der Waals surface area contributed by atoms with E-state index in [1.54, 1.807) is 24.3 Å². The number of hydrogen-bond acceptors (Lipinski definition) is 4. The lowest BCUT2D eigenvalue weighted by Crippen LogP contribution is -2.72. The average Bonchev–Trinajstić information content (AvgIpc) is 2.82. The number of carbonyl (C=O) groups is 1. The third kappa shape index (κ3) is 4.09. The van der Waals surface area contributed by atoms with Crippen LogP contribution in [0.4, 0.5) is 11.4 Å². The second-order valence-corrected chi connectivity index (χ2v) is 9.66. The summed E-state index contributed by atoms with van der Waals surface area (Å²) in [7, 11) is 0. The van der Waals surface area contributed by atoms with Crippen LogP contribution in [-0.4, -0.2) is 23.4 Å². The van der Waals surface area contributed by atoms with Crippen LogP contribution < -0.4 is 25.0 Å². The number of aryl methyl sites for hydroxylation is 1. The van der Waals surface area contributed by atoms with Crippen molar-refractivity contribution in [2.45, 2.75) is 32.5 Å². The van der Waals surface area contributed by atoms with Crippen LogP contribution in [0.3, 0.4) is 0 Å². The molecule has 5 rings (SSSR count). The second kappa shape index (κ2) is 9.06. The van der Waals surface area contributed by atoms with E-state index in [4.69, 9.17) is 33.3 Å². The molecule has 1 fully saturated rings. The van der Waals surface area contributed by atoms with Crippen molar-refractivity contribution < 1.29 is 14.3 Å². The quantitative estimate of drug-likeness (QED) is 0.423. The Morgan fingerprint density at radius 1 is 1.17 bits per heavy atom. The summed E-state index contributed by atoms with van der Waals surface area (Å²) in [5.41, 5.74) is 2.31. The van der Waals surface area contributed by atoms with Crippen LogP contribution in [0.2, 0.25) is 5.02 Å². The maximum absolute atomic E-state index is 13.9. The van der Waals surface area contributed by atoms with Crippen LogP contribution in [0.25, 0.3) is 0 Å². The van der Waals surface area contributed by atoms with Gasteiger partial charge in [-0.05, 0) is 75.5 Å². The number of anilines is 2. The normalized spacial score (nSPS) is 22.5. The third-order valence-corrected chi connectivity index (χ3v) is 7.03. The molecular weight excluding hydrogens is 482 g/mol. The smallest absolute Gasteiger partial charge is 0.236 e. The number of amides is 1. The van der Waals surface area contributed by atoms with Gasteiger partial charge in [0.05, 0.1) is 12.6 Å². The Hall–Kier alpha value is -3.29. The van der Waals surface area contributed by atoms with E-state index >= 15 is 0 Å². The molecule has 8 heteroatoms. The molecule has 2 N–H and O–H groups in total. The minimum Gasteiger partial charge on any atom is -0.490 e. The molecule has 3 unspecified atom stereocenters. The third-order valence-electron chi connectivity index (χ3n) is 6.48. The number of rotatable bonds is 5. The van der Waals surface area contributed by atoms with E-state index in [0.29, 0.717) is 33.9 Å². The van der Waals surface area contributed by atoms with Gasteiger partial charge in [0.25, 0.3) is 0 Å². The van der Waals surface area contributed by atoms with Crippen molar-refractivity contribution in [3.63, 3.8) is 0 Å². The summed E-state index contributed by atoms with van der Waals surface area (Å²) >= 11 is 11.9. The first-order valence-electron chi connectivity index (χ1n) is 11.5. The van der Waals surface area contributed by atoms with Gasteiger partial charge in [-0.3, -0.25) is 9.69 Å². The minimum absolute atomic E-state index is 0.195. The molecule has 0 aromatic heterocycles. The van der Waals surface area contributed by atoms with Crippen molar-refractivity contribution in [1.82, 2.24) is 5.32 Å². The molecular formula is C27H26ClN3O3S. The van der Waals surface area contributed by atoms with Gasteiger partial charge in [0.15, 0.2) is 22.3 Å². The van der Waals surface area contributed by atoms with Crippen LogP contribution in [0.15, 0.2) is 66.7 Å². The Morgan fingerprint density at radius 3 is 2.57 bits per heavy atom. The zero-order valence-corrected chi connectivity index (χ0v) is 21.2. The predicted octanol–water partition coefficient (Wildman–Crippen LogP) is 5.85. The highest BCUT2D eigenvalue weighted by molar-refractivity contribution is 7.80.